The zero-order valence-corrected chi connectivity index (χ0v) is 14.1. The molecule has 1 nitrogen and oxygen atoms in total. The maximum Gasteiger partial charge on any atom is 0.142 e. The van der Waals surface area contributed by atoms with Crippen LogP contribution < -0.4 is 5.32 Å². The Balaban J connectivity index is 2.28. The third-order valence-electron chi connectivity index (χ3n) is 3.07. The van der Waals surface area contributed by atoms with Gasteiger partial charge in [0.05, 0.1) is 11.1 Å². The first kappa shape index (κ1) is 15.6. The van der Waals surface area contributed by atoms with Crippen molar-refractivity contribution in [3.63, 3.8) is 0 Å². The quantitative estimate of drug-likeness (QED) is 0.613. The second-order valence-corrected chi connectivity index (χ2v) is 6.34. The van der Waals surface area contributed by atoms with Crippen LogP contribution in [0.4, 0.5) is 10.1 Å². The zero-order valence-electron chi connectivity index (χ0n) is 11.0. The Morgan fingerprint density at radius 1 is 1.15 bits per heavy atom. The highest BCUT2D eigenvalue weighted by atomic mass is 79.9. The second-order valence-electron chi connectivity index (χ2n) is 4.61. The molecule has 1 N–H and O–H groups in total. The maximum absolute atomic E-state index is 13.6. The zero-order chi connectivity index (χ0) is 14.9. The molecule has 1 atom stereocenters. The molecule has 0 spiro atoms. The highest BCUT2D eigenvalue weighted by molar-refractivity contribution is 9.10. The van der Waals surface area contributed by atoms with E-state index < -0.39 is 5.82 Å². The van der Waals surface area contributed by atoms with Gasteiger partial charge in [-0.05, 0) is 55.3 Å². The van der Waals surface area contributed by atoms with Gasteiger partial charge < -0.3 is 5.32 Å². The Bertz CT molecular complexity index is 646. The summed E-state index contributed by atoms with van der Waals surface area (Å²) in [6.07, 6.45) is 0. The summed E-state index contributed by atoms with van der Waals surface area (Å²) in [6.45, 7) is 3.93. The summed E-state index contributed by atoms with van der Waals surface area (Å²) in [4.78, 5) is 0. The number of rotatable bonds is 3. The summed E-state index contributed by atoms with van der Waals surface area (Å²) in [7, 11) is 0. The van der Waals surface area contributed by atoms with Crippen LogP contribution in [0, 0.1) is 12.7 Å². The lowest BCUT2D eigenvalue weighted by molar-refractivity contribution is 0.624. The molecule has 0 heterocycles. The smallest absolute Gasteiger partial charge is 0.142 e. The van der Waals surface area contributed by atoms with Crippen molar-refractivity contribution in [1.82, 2.24) is 0 Å². The van der Waals surface area contributed by atoms with Crippen molar-refractivity contribution >= 4 is 44.8 Å². The summed E-state index contributed by atoms with van der Waals surface area (Å²) < 4.78 is 14.6. The van der Waals surface area contributed by atoms with Crippen LogP contribution in [0.1, 0.15) is 24.1 Å². The number of hydrogen-bond donors (Lipinski definition) is 1. The molecule has 2 rings (SSSR count). The van der Waals surface area contributed by atoms with Crippen LogP contribution in [0.3, 0.4) is 0 Å². The van der Waals surface area contributed by atoms with Crippen molar-refractivity contribution in [2.24, 2.45) is 0 Å². The first-order valence-electron chi connectivity index (χ1n) is 6.05. The molecule has 106 valence electrons. The highest BCUT2D eigenvalue weighted by Crippen LogP contribution is 2.31. The summed E-state index contributed by atoms with van der Waals surface area (Å²) in [6, 6.07) is 8.60. The summed E-state index contributed by atoms with van der Waals surface area (Å²) in [5.74, 6) is -0.466. The highest BCUT2D eigenvalue weighted by Gasteiger charge is 2.14. The lowest BCUT2D eigenvalue weighted by atomic mass is 10.1. The molecule has 0 fully saturated rings. The fourth-order valence-electron chi connectivity index (χ4n) is 1.97. The van der Waals surface area contributed by atoms with Crippen LogP contribution in [0.5, 0.6) is 0 Å². The molecule has 5 heteroatoms. The van der Waals surface area contributed by atoms with E-state index >= 15 is 0 Å². The molecular weight excluding hydrogens is 364 g/mol. The second kappa shape index (κ2) is 6.33. The molecule has 1 unspecified atom stereocenters. The molecular formula is C15H13BrCl2FN. The third-order valence-corrected chi connectivity index (χ3v) is 4.18. The predicted octanol–water partition coefficient (Wildman–Crippen LogP) is 6.38. The van der Waals surface area contributed by atoms with Crippen LogP contribution in [-0.4, -0.2) is 0 Å². The Labute approximate surface area is 136 Å². The van der Waals surface area contributed by atoms with Gasteiger partial charge in [-0.25, -0.2) is 4.39 Å². The van der Waals surface area contributed by atoms with Gasteiger partial charge in [0.1, 0.15) is 5.82 Å². The fraction of sp³-hybridized carbons (Fsp3) is 0.200. The van der Waals surface area contributed by atoms with Gasteiger partial charge in [0.25, 0.3) is 0 Å². The maximum atomic E-state index is 13.6. The molecule has 0 aliphatic rings. The molecule has 0 radical (unpaired) electrons. The van der Waals surface area contributed by atoms with Crippen LogP contribution in [0.25, 0.3) is 0 Å². The largest absolute Gasteiger partial charge is 0.378 e. The van der Waals surface area contributed by atoms with Crippen molar-refractivity contribution in [3.05, 3.63) is 61.8 Å². The van der Waals surface area contributed by atoms with Crippen molar-refractivity contribution in [2.45, 2.75) is 19.9 Å². The lowest BCUT2D eigenvalue weighted by Gasteiger charge is -2.19. The Morgan fingerprint density at radius 2 is 1.85 bits per heavy atom. The minimum absolute atomic E-state index is 0.0331. The van der Waals surface area contributed by atoms with Crippen LogP contribution >= 0.6 is 39.1 Å². The summed E-state index contributed by atoms with van der Waals surface area (Å²) in [5, 5.41) is 3.81. The minimum Gasteiger partial charge on any atom is -0.378 e. The van der Waals surface area contributed by atoms with Crippen molar-refractivity contribution in [1.29, 1.82) is 0 Å². The van der Waals surface area contributed by atoms with Gasteiger partial charge >= 0.3 is 0 Å². The molecule has 0 aromatic heterocycles. The monoisotopic (exact) mass is 375 g/mol. The van der Waals surface area contributed by atoms with E-state index in [2.05, 4.69) is 21.2 Å². The molecule has 0 aliphatic heterocycles. The molecule has 2 aromatic carbocycles. The Hall–Kier alpha value is -0.770. The molecule has 0 amide bonds. The first-order chi connectivity index (χ1) is 9.38. The molecule has 0 aliphatic carbocycles. The number of benzene rings is 2. The van der Waals surface area contributed by atoms with Gasteiger partial charge in [-0.1, -0.05) is 39.1 Å². The number of aryl methyl sites for hydroxylation is 1. The van der Waals surface area contributed by atoms with E-state index in [0.29, 0.717) is 10.6 Å². The average molecular weight is 377 g/mol. The topological polar surface area (TPSA) is 12.0 Å². The van der Waals surface area contributed by atoms with Crippen LogP contribution in [-0.2, 0) is 0 Å². The van der Waals surface area contributed by atoms with E-state index in [1.165, 1.54) is 12.1 Å². The normalized spacial score (nSPS) is 12.3. The molecule has 0 saturated heterocycles. The first-order valence-corrected chi connectivity index (χ1v) is 7.60. The van der Waals surface area contributed by atoms with E-state index in [4.69, 9.17) is 23.2 Å². The SMILES string of the molecule is Cc1cc(Br)ccc1NC(C)c1cc(F)c(Cl)cc1Cl. The van der Waals surface area contributed by atoms with Crippen LogP contribution in [0.15, 0.2) is 34.8 Å². The van der Waals surface area contributed by atoms with E-state index in [9.17, 15) is 4.39 Å². The van der Waals surface area contributed by atoms with E-state index in [1.807, 2.05) is 32.0 Å². The number of halogens is 4. The number of nitrogens with one attached hydrogen (secondary N) is 1. The molecule has 20 heavy (non-hydrogen) atoms. The van der Waals surface area contributed by atoms with Gasteiger partial charge in [0, 0.05) is 15.2 Å². The van der Waals surface area contributed by atoms with E-state index in [1.54, 1.807) is 0 Å². The number of anilines is 1. The average Bonchev–Trinajstić information content (AvgIpc) is 2.37. The van der Waals surface area contributed by atoms with E-state index in [0.717, 1.165) is 15.7 Å². The van der Waals surface area contributed by atoms with Gasteiger partial charge in [0.15, 0.2) is 0 Å². The Morgan fingerprint density at radius 3 is 2.50 bits per heavy atom. The lowest BCUT2D eigenvalue weighted by Crippen LogP contribution is -2.08. The molecule has 0 bridgehead atoms. The van der Waals surface area contributed by atoms with Gasteiger partial charge in [-0.15, -0.1) is 0 Å². The Kier molecular flexibility index (Phi) is 4.95. The molecule has 0 saturated carbocycles. The minimum atomic E-state index is -0.466. The van der Waals surface area contributed by atoms with Gasteiger partial charge in [0.2, 0.25) is 0 Å². The van der Waals surface area contributed by atoms with Crippen molar-refractivity contribution in [3.8, 4) is 0 Å². The molecule has 2 aromatic rings. The van der Waals surface area contributed by atoms with E-state index in [-0.39, 0.29) is 11.1 Å². The summed E-state index contributed by atoms with van der Waals surface area (Å²) >= 11 is 15.3. The summed E-state index contributed by atoms with van der Waals surface area (Å²) in [5.41, 5.74) is 2.75. The van der Waals surface area contributed by atoms with Gasteiger partial charge in [-0.2, -0.15) is 0 Å². The predicted molar refractivity (Wildman–Crippen MR) is 87.3 cm³/mol. The standard InChI is InChI=1S/C15H13BrCl2FN/c1-8-5-10(16)3-4-15(8)20-9(2)11-6-14(19)13(18)7-12(11)17/h3-7,9,20H,1-2H3. The van der Waals surface area contributed by atoms with Crippen molar-refractivity contribution < 1.29 is 4.39 Å². The fourth-order valence-corrected chi connectivity index (χ4v) is 2.99. The number of hydrogen-bond acceptors (Lipinski definition) is 1. The van der Waals surface area contributed by atoms with Gasteiger partial charge in [-0.3, -0.25) is 0 Å². The van der Waals surface area contributed by atoms with Crippen molar-refractivity contribution in [2.75, 3.05) is 5.32 Å². The third kappa shape index (κ3) is 3.46. The van der Waals surface area contributed by atoms with Crippen LogP contribution in [0.2, 0.25) is 10.0 Å².